The molecule has 0 fully saturated rings. The molecule has 0 aliphatic carbocycles. The number of carboxylic acid groups (broad SMARTS) is 1. The number of nitrogens with zero attached hydrogens (tertiary/aromatic N) is 1. The number of aromatic carboxylic acids is 1. The van der Waals surface area contributed by atoms with Crippen molar-refractivity contribution in [2.45, 2.75) is 6.92 Å². The minimum absolute atomic E-state index is 0.0949. The Kier molecular flexibility index (Phi) is 2.87. The third-order valence-corrected chi connectivity index (χ3v) is 2.41. The summed E-state index contributed by atoms with van der Waals surface area (Å²) < 4.78 is 13.7. The fourth-order valence-electron chi connectivity index (χ4n) is 1.57. The Hall–Kier alpha value is -2.23. The molecule has 86 valence electrons. The highest BCUT2D eigenvalue weighted by Crippen LogP contribution is 2.23. The van der Waals surface area contributed by atoms with Gasteiger partial charge in [0.1, 0.15) is 11.5 Å². The van der Waals surface area contributed by atoms with Gasteiger partial charge in [0.15, 0.2) is 0 Å². The van der Waals surface area contributed by atoms with Crippen LogP contribution in [-0.2, 0) is 0 Å². The summed E-state index contributed by atoms with van der Waals surface area (Å²) in [4.78, 5) is 14.5. The van der Waals surface area contributed by atoms with E-state index >= 15 is 0 Å². The van der Waals surface area contributed by atoms with Gasteiger partial charge >= 0.3 is 5.97 Å². The maximum Gasteiger partial charge on any atom is 0.354 e. The summed E-state index contributed by atoms with van der Waals surface area (Å²) in [6, 6.07) is 7.76. The normalized spacial score (nSPS) is 10.2. The van der Waals surface area contributed by atoms with E-state index in [1.165, 1.54) is 18.3 Å². The van der Waals surface area contributed by atoms with Crippen LogP contribution in [0.1, 0.15) is 16.1 Å². The first kappa shape index (κ1) is 11.3. The van der Waals surface area contributed by atoms with Gasteiger partial charge in [-0.1, -0.05) is 12.1 Å². The van der Waals surface area contributed by atoms with E-state index in [4.69, 9.17) is 5.11 Å². The SMILES string of the molecule is Cc1ccc(-c2ccnc(C(=O)O)c2)c(F)c1. The summed E-state index contributed by atoms with van der Waals surface area (Å²) in [5.41, 5.74) is 1.61. The molecule has 3 nitrogen and oxygen atoms in total. The fourth-order valence-corrected chi connectivity index (χ4v) is 1.57. The summed E-state index contributed by atoms with van der Waals surface area (Å²) in [5, 5.41) is 8.81. The van der Waals surface area contributed by atoms with Gasteiger partial charge in [0, 0.05) is 11.8 Å². The molecule has 0 unspecified atom stereocenters. The lowest BCUT2D eigenvalue weighted by molar-refractivity contribution is 0.0690. The molecule has 0 radical (unpaired) electrons. The second-order valence-corrected chi connectivity index (χ2v) is 3.72. The molecule has 1 N–H and O–H groups in total. The van der Waals surface area contributed by atoms with Crippen molar-refractivity contribution in [2.24, 2.45) is 0 Å². The van der Waals surface area contributed by atoms with Crippen molar-refractivity contribution in [1.29, 1.82) is 0 Å². The molecule has 0 amide bonds. The number of carboxylic acids is 1. The van der Waals surface area contributed by atoms with Crippen LogP contribution in [0.2, 0.25) is 0 Å². The molecule has 0 spiro atoms. The van der Waals surface area contributed by atoms with Crippen LogP contribution in [0.25, 0.3) is 11.1 Å². The number of halogens is 1. The highest BCUT2D eigenvalue weighted by molar-refractivity contribution is 5.87. The molecule has 0 aliphatic rings. The Morgan fingerprint density at radius 3 is 2.71 bits per heavy atom. The number of hydrogen-bond donors (Lipinski definition) is 1. The number of aryl methyl sites for hydroxylation is 1. The van der Waals surface area contributed by atoms with Gasteiger partial charge in [-0.3, -0.25) is 0 Å². The van der Waals surface area contributed by atoms with Gasteiger partial charge in [-0.25, -0.2) is 14.2 Å². The maximum atomic E-state index is 13.7. The Morgan fingerprint density at radius 2 is 2.06 bits per heavy atom. The zero-order valence-corrected chi connectivity index (χ0v) is 9.14. The van der Waals surface area contributed by atoms with Crippen molar-refractivity contribution in [3.63, 3.8) is 0 Å². The molecule has 17 heavy (non-hydrogen) atoms. The topological polar surface area (TPSA) is 50.2 Å². The summed E-state index contributed by atoms with van der Waals surface area (Å²) in [6.07, 6.45) is 1.36. The molecule has 2 rings (SSSR count). The van der Waals surface area contributed by atoms with Crippen LogP contribution < -0.4 is 0 Å². The highest BCUT2D eigenvalue weighted by atomic mass is 19.1. The summed E-state index contributed by atoms with van der Waals surface area (Å²) in [5.74, 6) is -1.49. The minimum atomic E-state index is -1.13. The third kappa shape index (κ3) is 2.30. The molecule has 0 saturated heterocycles. The molecular weight excluding hydrogens is 221 g/mol. The monoisotopic (exact) mass is 231 g/mol. The first-order valence-electron chi connectivity index (χ1n) is 5.04. The lowest BCUT2D eigenvalue weighted by Crippen LogP contribution is -2.00. The molecule has 2 aromatic rings. The van der Waals surface area contributed by atoms with Crippen molar-refractivity contribution in [2.75, 3.05) is 0 Å². The predicted octanol–water partition coefficient (Wildman–Crippen LogP) is 2.89. The Bertz CT molecular complexity index is 581. The first-order valence-corrected chi connectivity index (χ1v) is 5.04. The highest BCUT2D eigenvalue weighted by Gasteiger charge is 2.09. The summed E-state index contributed by atoms with van der Waals surface area (Å²) in [6.45, 7) is 1.79. The molecular formula is C13H10FNO2. The van der Waals surface area contributed by atoms with E-state index in [1.54, 1.807) is 25.1 Å². The van der Waals surface area contributed by atoms with Gasteiger partial charge in [-0.15, -0.1) is 0 Å². The van der Waals surface area contributed by atoms with E-state index in [0.29, 0.717) is 11.1 Å². The van der Waals surface area contributed by atoms with Gasteiger partial charge in [0.2, 0.25) is 0 Å². The zero-order chi connectivity index (χ0) is 12.4. The van der Waals surface area contributed by atoms with Crippen LogP contribution in [0.15, 0.2) is 36.5 Å². The number of benzene rings is 1. The summed E-state index contributed by atoms with van der Waals surface area (Å²) >= 11 is 0. The Balaban J connectivity index is 2.53. The number of rotatable bonds is 2. The number of pyridine rings is 1. The Labute approximate surface area is 97.6 Å². The van der Waals surface area contributed by atoms with E-state index in [0.717, 1.165) is 5.56 Å². The largest absolute Gasteiger partial charge is 0.477 e. The van der Waals surface area contributed by atoms with Gasteiger partial charge in [0.25, 0.3) is 0 Å². The van der Waals surface area contributed by atoms with Crippen molar-refractivity contribution >= 4 is 5.97 Å². The van der Waals surface area contributed by atoms with Crippen LogP contribution in [0.5, 0.6) is 0 Å². The van der Waals surface area contributed by atoms with E-state index in [2.05, 4.69) is 4.98 Å². The smallest absolute Gasteiger partial charge is 0.354 e. The quantitative estimate of drug-likeness (QED) is 0.864. The number of hydrogen-bond acceptors (Lipinski definition) is 2. The van der Waals surface area contributed by atoms with Gasteiger partial charge in [-0.2, -0.15) is 0 Å². The van der Waals surface area contributed by atoms with Crippen LogP contribution in [0, 0.1) is 12.7 Å². The lowest BCUT2D eigenvalue weighted by Gasteiger charge is -2.05. The standard InChI is InChI=1S/C13H10FNO2/c1-8-2-3-10(11(14)6-8)9-4-5-15-12(7-9)13(16)17/h2-7H,1H3,(H,16,17). The predicted molar refractivity (Wildman–Crippen MR) is 61.3 cm³/mol. The van der Waals surface area contributed by atoms with E-state index in [1.807, 2.05) is 0 Å². The van der Waals surface area contributed by atoms with E-state index < -0.39 is 5.97 Å². The maximum absolute atomic E-state index is 13.7. The van der Waals surface area contributed by atoms with E-state index in [-0.39, 0.29) is 11.5 Å². The van der Waals surface area contributed by atoms with E-state index in [9.17, 15) is 9.18 Å². The molecule has 0 aliphatic heterocycles. The Morgan fingerprint density at radius 1 is 1.29 bits per heavy atom. The molecule has 1 heterocycles. The average molecular weight is 231 g/mol. The molecule has 0 saturated carbocycles. The summed E-state index contributed by atoms with van der Waals surface area (Å²) in [7, 11) is 0. The average Bonchev–Trinajstić information content (AvgIpc) is 2.29. The van der Waals surface area contributed by atoms with Gasteiger partial charge in [0.05, 0.1) is 0 Å². The molecule has 1 aromatic heterocycles. The van der Waals surface area contributed by atoms with Crippen molar-refractivity contribution in [3.8, 4) is 11.1 Å². The fraction of sp³-hybridized carbons (Fsp3) is 0.0769. The zero-order valence-electron chi connectivity index (χ0n) is 9.14. The molecule has 0 bridgehead atoms. The molecule has 4 heteroatoms. The van der Waals surface area contributed by atoms with Crippen LogP contribution in [-0.4, -0.2) is 16.1 Å². The first-order chi connectivity index (χ1) is 8.08. The van der Waals surface area contributed by atoms with Crippen molar-refractivity contribution < 1.29 is 14.3 Å². The van der Waals surface area contributed by atoms with Crippen LogP contribution >= 0.6 is 0 Å². The number of aromatic nitrogens is 1. The van der Waals surface area contributed by atoms with Crippen LogP contribution in [0.4, 0.5) is 4.39 Å². The minimum Gasteiger partial charge on any atom is -0.477 e. The van der Waals surface area contributed by atoms with Gasteiger partial charge < -0.3 is 5.11 Å². The second-order valence-electron chi connectivity index (χ2n) is 3.72. The molecule has 1 aromatic carbocycles. The number of carbonyl (C=O) groups is 1. The van der Waals surface area contributed by atoms with Crippen LogP contribution in [0.3, 0.4) is 0 Å². The molecule has 0 atom stereocenters. The third-order valence-electron chi connectivity index (χ3n) is 2.41. The van der Waals surface area contributed by atoms with Crippen molar-refractivity contribution in [1.82, 2.24) is 4.98 Å². The van der Waals surface area contributed by atoms with Crippen molar-refractivity contribution in [3.05, 3.63) is 53.6 Å². The second kappa shape index (κ2) is 4.33. The van der Waals surface area contributed by atoms with Gasteiger partial charge in [-0.05, 0) is 36.2 Å². The lowest BCUT2D eigenvalue weighted by atomic mass is 10.0.